The Bertz CT molecular complexity index is 739. The molecule has 6 nitrogen and oxygen atoms in total. The molecule has 1 heterocycles. The van der Waals surface area contributed by atoms with E-state index in [-0.39, 0.29) is 18.6 Å². The number of aromatic nitrogens is 2. The fourth-order valence-corrected chi connectivity index (χ4v) is 3.33. The van der Waals surface area contributed by atoms with E-state index in [1.165, 1.54) is 11.1 Å². The highest BCUT2D eigenvalue weighted by molar-refractivity contribution is 5.74. The van der Waals surface area contributed by atoms with Crippen LogP contribution in [0.5, 0.6) is 0 Å². The van der Waals surface area contributed by atoms with Crippen LogP contribution in [-0.4, -0.2) is 27.5 Å². The molecule has 134 valence electrons. The Kier molecular flexibility index (Phi) is 5.08. The van der Waals surface area contributed by atoms with Crippen molar-refractivity contribution in [2.75, 3.05) is 6.54 Å². The lowest BCUT2D eigenvalue weighted by Gasteiger charge is -2.24. The van der Waals surface area contributed by atoms with Crippen LogP contribution >= 0.6 is 0 Å². The van der Waals surface area contributed by atoms with Gasteiger partial charge in [0.1, 0.15) is 5.60 Å². The van der Waals surface area contributed by atoms with E-state index in [4.69, 9.17) is 0 Å². The van der Waals surface area contributed by atoms with Crippen molar-refractivity contribution in [2.45, 2.75) is 44.2 Å². The average Bonchev–Trinajstić information content (AvgIpc) is 2.94. The van der Waals surface area contributed by atoms with Crippen molar-refractivity contribution in [3.05, 3.63) is 53.3 Å². The van der Waals surface area contributed by atoms with Crippen molar-refractivity contribution in [3.8, 4) is 0 Å². The largest absolute Gasteiger partial charge is 0.383 e. The molecule has 6 heteroatoms. The van der Waals surface area contributed by atoms with E-state index in [2.05, 4.69) is 27.9 Å². The lowest BCUT2D eigenvalue weighted by atomic mass is 9.99. The fourth-order valence-electron chi connectivity index (χ4n) is 3.33. The van der Waals surface area contributed by atoms with Crippen molar-refractivity contribution < 1.29 is 9.90 Å². The molecule has 0 saturated carbocycles. The summed E-state index contributed by atoms with van der Waals surface area (Å²) in [5, 5.41) is 20.5. The number of carbonyl (C=O) groups excluding carboxylic acids is 1. The molecule has 2 amide bonds. The van der Waals surface area contributed by atoms with Gasteiger partial charge in [0.05, 0.1) is 18.8 Å². The molecular formula is C19H26N4O2. The van der Waals surface area contributed by atoms with Gasteiger partial charge in [0.25, 0.3) is 0 Å². The van der Waals surface area contributed by atoms with Crippen molar-refractivity contribution >= 4 is 6.03 Å². The molecular weight excluding hydrogens is 316 g/mol. The van der Waals surface area contributed by atoms with Crippen molar-refractivity contribution in [1.29, 1.82) is 0 Å². The topological polar surface area (TPSA) is 79.2 Å². The van der Waals surface area contributed by atoms with Gasteiger partial charge < -0.3 is 15.7 Å². The average molecular weight is 342 g/mol. The van der Waals surface area contributed by atoms with Crippen LogP contribution in [0.2, 0.25) is 0 Å². The minimum atomic E-state index is -1.16. The zero-order valence-corrected chi connectivity index (χ0v) is 14.8. The van der Waals surface area contributed by atoms with Crippen LogP contribution in [0.25, 0.3) is 0 Å². The summed E-state index contributed by atoms with van der Waals surface area (Å²) in [5.41, 5.74) is 2.03. The molecule has 3 rings (SSSR count). The number of urea groups is 1. The zero-order valence-electron chi connectivity index (χ0n) is 14.8. The molecule has 2 aromatic rings. The van der Waals surface area contributed by atoms with Crippen molar-refractivity contribution in [3.63, 3.8) is 0 Å². The van der Waals surface area contributed by atoms with E-state index in [0.29, 0.717) is 5.56 Å². The summed E-state index contributed by atoms with van der Waals surface area (Å²) in [4.78, 5) is 12.4. The molecule has 1 aromatic carbocycles. The van der Waals surface area contributed by atoms with E-state index < -0.39 is 5.60 Å². The maximum absolute atomic E-state index is 12.4. The highest BCUT2D eigenvalue weighted by Crippen LogP contribution is 2.28. The number of hydrogen-bond acceptors (Lipinski definition) is 3. The standard InChI is InChI=1S/C19H26N4O2/c1-19(25,15-11-21-23(2)12-15)13-20-18(24)22-17-10-6-4-8-14-7-3-5-9-16(14)17/h3,5,7,9,11-12,17,25H,4,6,8,10,13H2,1-2H3,(H2,20,22,24)/t17-,19-/m1/s1. The van der Waals surface area contributed by atoms with Crippen molar-refractivity contribution in [1.82, 2.24) is 20.4 Å². The first-order chi connectivity index (χ1) is 12.0. The minimum Gasteiger partial charge on any atom is -0.383 e. The van der Waals surface area contributed by atoms with Gasteiger partial charge >= 0.3 is 6.03 Å². The number of rotatable bonds is 4. The number of hydrogen-bond donors (Lipinski definition) is 3. The summed E-state index contributed by atoms with van der Waals surface area (Å²) in [6, 6.07) is 8.06. The quantitative estimate of drug-likeness (QED) is 0.747. The number of carbonyl (C=O) groups is 1. The number of benzene rings is 1. The van der Waals surface area contributed by atoms with Gasteiger partial charge in [0.2, 0.25) is 0 Å². The Morgan fingerprint density at radius 1 is 1.40 bits per heavy atom. The summed E-state index contributed by atoms with van der Waals surface area (Å²) in [6.45, 7) is 1.80. The Morgan fingerprint density at radius 2 is 2.20 bits per heavy atom. The second-order valence-corrected chi connectivity index (χ2v) is 7.00. The molecule has 1 aliphatic carbocycles. The second kappa shape index (κ2) is 7.27. The molecule has 0 aliphatic heterocycles. The first-order valence-corrected chi connectivity index (χ1v) is 8.79. The summed E-state index contributed by atoms with van der Waals surface area (Å²) in [7, 11) is 1.79. The number of aryl methyl sites for hydroxylation is 2. The Labute approximate surface area is 148 Å². The highest BCUT2D eigenvalue weighted by atomic mass is 16.3. The first-order valence-electron chi connectivity index (χ1n) is 8.79. The van der Waals surface area contributed by atoms with E-state index >= 15 is 0 Å². The third-order valence-corrected chi connectivity index (χ3v) is 4.84. The second-order valence-electron chi connectivity index (χ2n) is 7.00. The molecule has 0 radical (unpaired) electrons. The van der Waals surface area contributed by atoms with Crippen LogP contribution in [0.1, 0.15) is 48.9 Å². The lowest BCUT2D eigenvalue weighted by Crippen LogP contribution is -2.44. The van der Waals surface area contributed by atoms with Gasteiger partial charge in [-0.25, -0.2) is 4.79 Å². The summed E-state index contributed by atoms with van der Waals surface area (Å²) >= 11 is 0. The van der Waals surface area contributed by atoms with Gasteiger partial charge in [-0.15, -0.1) is 0 Å². The summed E-state index contributed by atoms with van der Waals surface area (Å²) in [5.74, 6) is 0. The molecule has 1 aliphatic rings. The number of fused-ring (bicyclic) bond motifs is 1. The van der Waals surface area contributed by atoms with Gasteiger partial charge in [-0.2, -0.15) is 5.10 Å². The fraction of sp³-hybridized carbons (Fsp3) is 0.474. The van der Waals surface area contributed by atoms with E-state index in [9.17, 15) is 9.90 Å². The van der Waals surface area contributed by atoms with Gasteiger partial charge in [-0.3, -0.25) is 4.68 Å². The van der Waals surface area contributed by atoms with Gasteiger partial charge in [-0.05, 0) is 37.3 Å². The maximum Gasteiger partial charge on any atom is 0.315 e. The number of amides is 2. The molecule has 2 atom stereocenters. The number of nitrogens with zero attached hydrogens (tertiary/aromatic N) is 2. The molecule has 0 unspecified atom stereocenters. The van der Waals surface area contributed by atoms with E-state index in [1.807, 2.05) is 12.1 Å². The number of aliphatic hydroxyl groups is 1. The Morgan fingerprint density at radius 3 is 2.96 bits per heavy atom. The molecule has 3 N–H and O–H groups in total. The third-order valence-electron chi connectivity index (χ3n) is 4.84. The molecule has 0 fully saturated rings. The predicted octanol–water partition coefficient (Wildman–Crippen LogP) is 2.39. The van der Waals surface area contributed by atoms with Gasteiger partial charge in [0, 0.05) is 18.8 Å². The zero-order chi connectivity index (χ0) is 17.9. The third kappa shape index (κ3) is 4.20. The molecule has 0 saturated heterocycles. The summed E-state index contributed by atoms with van der Waals surface area (Å²) in [6.07, 6.45) is 7.59. The normalized spacial score (nSPS) is 19.4. The first kappa shape index (κ1) is 17.5. The monoisotopic (exact) mass is 342 g/mol. The maximum atomic E-state index is 12.4. The smallest absolute Gasteiger partial charge is 0.315 e. The van der Waals surface area contributed by atoms with Crippen molar-refractivity contribution in [2.24, 2.45) is 7.05 Å². The molecule has 0 spiro atoms. The van der Waals surface area contributed by atoms with Crippen LogP contribution in [-0.2, 0) is 19.1 Å². The molecule has 0 bridgehead atoms. The van der Waals surface area contributed by atoms with Crippen LogP contribution in [0.15, 0.2) is 36.7 Å². The van der Waals surface area contributed by atoms with Crippen LogP contribution in [0.3, 0.4) is 0 Å². The van der Waals surface area contributed by atoms with Gasteiger partial charge in [-0.1, -0.05) is 30.7 Å². The number of nitrogens with one attached hydrogen (secondary N) is 2. The van der Waals surface area contributed by atoms with Crippen LogP contribution in [0, 0.1) is 0 Å². The Hall–Kier alpha value is -2.34. The SMILES string of the molecule is Cn1cc([C@](C)(O)CNC(=O)N[C@@H]2CCCCc3ccccc32)cn1. The van der Waals surface area contributed by atoms with Crippen LogP contribution < -0.4 is 10.6 Å². The van der Waals surface area contributed by atoms with E-state index in [1.54, 1.807) is 31.0 Å². The van der Waals surface area contributed by atoms with Gasteiger partial charge in [0.15, 0.2) is 0 Å². The lowest BCUT2D eigenvalue weighted by molar-refractivity contribution is 0.0591. The molecule has 25 heavy (non-hydrogen) atoms. The Balaban J connectivity index is 1.61. The summed E-state index contributed by atoms with van der Waals surface area (Å²) < 4.78 is 1.63. The predicted molar refractivity (Wildman–Crippen MR) is 96.1 cm³/mol. The minimum absolute atomic E-state index is 0.0158. The highest BCUT2D eigenvalue weighted by Gasteiger charge is 2.26. The molecule has 1 aromatic heterocycles. The van der Waals surface area contributed by atoms with E-state index in [0.717, 1.165) is 25.7 Å². The van der Waals surface area contributed by atoms with Crippen LogP contribution in [0.4, 0.5) is 4.79 Å².